The Morgan fingerprint density at radius 3 is 2.19 bits per heavy atom. The highest BCUT2D eigenvalue weighted by atomic mass is 28.4. The van der Waals surface area contributed by atoms with Gasteiger partial charge in [0, 0.05) is 19.1 Å². The molecule has 2 heterocycles. The highest BCUT2D eigenvalue weighted by Crippen LogP contribution is 2.56. The van der Waals surface area contributed by atoms with Crippen molar-refractivity contribution in [2.24, 2.45) is 17.8 Å². The summed E-state index contributed by atoms with van der Waals surface area (Å²) < 4.78 is 36.5. The van der Waals surface area contributed by atoms with Gasteiger partial charge in [-0.2, -0.15) is 0 Å². The molecule has 3 aromatic rings. The fourth-order valence-corrected chi connectivity index (χ4v) is 12.8. The van der Waals surface area contributed by atoms with Gasteiger partial charge in [-0.1, -0.05) is 106 Å². The van der Waals surface area contributed by atoms with Gasteiger partial charge >= 0.3 is 17.9 Å². The van der Waals surface area contributed by atoms with Crippen molar-refractivity contribution < 1.29 is 42.5 Å². The second-order valence-electron chi connectivity index (χ2n) is 14.7. The van der Waals surface area contributed by atoms with Crippen molar-refractivity contribution in [3.8, 4) is 5.75 Å². The molecular formula is C42H48O9Si. The van der Waals surface area contributed by atoms with E-state index in [1.54, 1.807) is 31.4 Å². The number of carbonyl (C=O) groups excluding carboxylic acids is 3. The summed E-state index contributed by atoms with van der Waals surface area (Å²) in [5.41, 5.74) is 1.39. The Morgan fingerprint density at radius 1 is 0.981 bits per heavy atom. The molecule has 6 rings (SSSR count). The van der Waals surface area contributed by atoms with Crippen molar-refractivity contribution in [3.05, 3.63) is 114 Å². The van der Waals surface area contributed by atoms with Crippen LogP contribution in [0.2, 0.25) is 5.04 Å². The van der Waals surface area contributed by atoms with Crippen LogP contribution in [0.1, 0.15) is 52.5 Å². The molecule has 2 fully saturated rings. The lowest BCUT2D eigenvalue weighted by molar-refractivity contribution is -0.266. The van der Waals surface area contributed by atoms with Crippen LogP contribution >= 0.6 is 0 Å². The van der Waals surface area contributed by atoms with E-state index in [0.717, 1.165) is 15.9 Å². The quantitative estimate of drug-likeness (QED) is 0.0686. The van der Waals surface area contributed by atoms with E-state index in [9.17, 15) is 14.4 Å². The van der Waals surface area contributed by atoms with Gasteiger partial charge in [0.05, 0.1) is 31.1 Å². The summed E-state index contributed by atoms with van der Waals surface area (Å²) in [6, 6.07) is 27.9. The molecule has 5 atom stereocenters. The second-order valence-corrected chi connectivity index (χ2v) is 19.0. The Kier molecular flexibility index (Phi) is 10.9. The van der Waals surface area contributed by atoms with Crippen LogP contribution in [-0.4, -0.2) is 58.4 Å². The largest absolute Gasteiger partial charge is 0.497 e. The minimum atomic E-state index is -2.86. The van der Waals surface area contributed by atoms with E-state index < -0.39 is 50.0 Å². The molecule has 10 heteroatoms. The molecule has 2 bridgehead atoms. The molecule has 52 heavy (non-hydrogen) atoms. The van der Waals surface area contributed by atoms with Gasteiger partial charge in [-0.3, -0.25) is 9.59 Å². The Labute approximate surface area is 307 Å². The van der Waals surface area contributed by atoms with Gasteiger partial charge in [0.1, 0.15) is 18.5 Å². The number of esters is 3. The Morgan fingerprint density at radius 2 is 1.62 bits per heavy atom. The average molecular weight is 725 g/mol. The molecule has 3 aromatic carbocycles. The molecule has 2 saturated heterocycles. The third kappa shape index (κ3) is 6.99. The van der Waals surface area contributed by atoms with Crippen molar-refractivity contribution >= 4 is 36.6 Å². The first kappa shape index (κ1) is 37.3. The first-order valence-electron chi connectivity index (χ1n) is 17.9. The summed E-state index contributed by atoms with van der Waals surface area (Å²) in [4.78, 5) is 39.9. The number of carbonyl (C=O) groups is 3. The predicted octanol–water partition coefficient (Wildman–Crippen LogP) is 6.05. The normalized spacial score (nSPS) is 23.1. The molecule has 0 amide bonds. The molecule has 2 aliphatic heterocycles. The number of hydrogen-bond donors (Lipinski definition) is 0. The molecule has 1 spiro atoms. The van der Waals surface area contributed by atoms with Crippen molar-refractivity contribution in [1.82, 2.24) is 0 Å². The maximum Gasteiger partial charge on any atom is 0.337 e. The number of allylic oxidation sites excluding steroid dienone is 1. The minimum Gasteiger partial charge on any atom is -0.497 e. The van der Waals surface area contributed by atoms with E-state index in [0.29, 0.717) is 43.8 Å². The minimum absolute atomic E-state index is 0.0159. The van der Waals surface area contributed by atoms with Gasteiger partial charge in [0.2, 0.25) is 5.79 Å². The highest BCUT2D eigenvalue weighted by Gasteiger charge is 2.65. The second kappa shape index (κ2) is 15.2. The van der Waals surface area contributed by atoms with E-state index in [1.165, 1.54) is 6.92 Å². The fourth-order valence-electron chi connectivity index (χ4n) is 8.23. The summed E-state index contributed by atoms with van der Waals surface area (Å²) in [5.74, 6) is -4.02. The number of benzene rings is 3. The van der Waals surface area contributed by atoms with Crippen LogP contribution in [0.5, 0.6) is 5.75 Å². The molecule has 274 valence electrons. The molecule has 0 aromatic heterocycles. The van der Waals surface area contributed by atoms with Gasteiger partial charge in [-0.25, -0.2) is 4.79 Å². The summed E-state index contributed by atoms with van der Waals surface area (Å²) >= 11 is 0. The zero-order chi connectivity index (χ0) is 37.1. The van der Waals surface area contributed by atoms with Crippen LogP contribution in [0.15, 0.2) is 109 Å². The first-order valence-corrected chi connectivity index (χ1v) is 19.8. The smallest absolute Gasteiger partial charge is 0.337 e. The number of fused-ring (bicyclic) bond motifs is 1. The van der Waals surface area contributed by atoms with Gasteiger partial charge < -0.3 is 28.1 Å². The topological polar surface area (TPSA) is 107 Å². The third-order valence-electron chi connectivity index (χ3n) is 10.6. The van der Waals surface area contributed by atoms with Crippen LogP contribution in [0, 0.1) is 17.8 Å². The van der Waals surface area contributed by atoms with Crippen molar-refractivity contribution in [1.29, 1.82) is 0 Å². The molecule has 1 aliphatic carbocycles. The highest BCUT2D eigenvalue weighted by molar-refractivity contribution is 6.99. The SMILES string of the molecule is C=C(C(=O)OCc1ccc(OC)cc1)C(OC(C)=O)[C@@H]1[C@H]2CC=C3C(CCO[Si](c4ccccc4)(c4ccccc4)C(C)(C)C)C(=O)O[C@@]31OCC2. The molecule has 0 N–H and O–H groups in total. The number of methoxy groups -OCH3 is 1. The fraction of sp³-hybridized carbons (Fsp3) is 0.405. The third-order valence-corrected chi connectivity index (χ3v) is 15.6. The summed E-state index contributed by atoms with van der Waals surface area (Å²) in [5, 5.41) is 2.06. The van der Waals surface area contributed by atoms with Crippen molar-refractivity contribution in [2.75, 3.05) is 20.3 Å². The van der Waals surface area contributed by atoms with Crippen LogP contribution in [0.25, 0.3) is 0 Å². The van der Waals surface area contributed by atoms with Crippen LogP contribution in [-0.2, 0) is 44.4 Å². The van der Waals surface area contributed by atoms with E-state index in [4.69, 9.17) is 28.1 Å². The van der Waals surface area contributed by atoms with E-state index in [2.05, 4.69) is 51.6 Å². The lowest BCUT2D eigenvalue weighted by Crippen LogP contribution is -2.66. The van der Waals surface area contributed by atoms with Gasteiger partial charge in [-0.15, -0.1) is 0 Å². The summed E-state index contributed by atoms with van der Waals surface area (Å²) in [6.45, 7) is 12.6. The first-order chi connectivity index (χ1) is 24.9. The van der Waals surface area contributed by atoms with E-state index in [1.807, 2.05) is 42.5 Å². The maximum absolute atomic E-state index is 13.9. The molecule has 0 saturated carbocycles. The maximum atomic E-state index is 13.9. The summed E-state index contributed by atoms with van der Waals surface area (Å²) in [6.07, 6.45) is 2.48. The molecular weight excluding hydrogens is 677 g/mol. The van der Waals surface area contributed by atoms with Crippen LogP contribution in [0.3, 0.4) is 0 Å². The zero-order valence-corrected chi connectivity index (χ0v) is 31.6. The molecule has 2 unspecified atom stereocenters. The lowest BCUT2D eigenvalue weighted by Gasteiger charge is -2.50. The summed E-state index contributed by atoms with van der Waals surface area (Å²) in [7, 11) is -1.28. The van der Waals surface area contributed by atoms with Crippen molar-refractivity contribution in [3.63, 3.8) is 0 Å². The predicted molar refractivity (Wildman–Crippen MR) is 198 cm³/mol. The van der Waals surface area contributed by atoms with E-state index in [-0.39, 0.29) is 23.1 Å². The molecule has 3 aliphatic rings. The number of hydrogen-bond acceptors (Lipinski definition) is 9. The van der Waals surface area contributed by atoms with Crippen molar-refractivity contribution in [2.45, 2.75) is 70.5 Å². The average Bonchev–Trinajstić information content (AvgIpc) is 3.39. The van der Waals surface area contributed by atoms with Crippen LogP contribution in [0.4, 0.5) is 0 Å². The number of rotatable bonds is 13. The zero-order valence-electron chi connectivity index (χ0n) is 30.6. The molecule has 0 radical (unpaired) electrons. The Balaban J connectivity index is 1.25. The van der Waals surface area contributed by atoms with Gasteiger partial charge in [0.25, 0.3) is 8.32 Å². The monoisotopic (exact) mass is 724 g/mol. The van der Waals surface area contributed by atoms with Crippen LogP contribution < -0.4 is 15.1 Å². The standard InChI is InChI=1S/C42H48O9Si/c1-28(39(44)47-27-30-17-20-32(46-6)21-18-30)38(50-29(2)43)37-31-19-22-36-35(40(45)51-42(36,37)48-25-23-31)24-26-49-52(41(3,4)5,33-13-9-7-10-14-33)34-15-11-8-12-16-34/h7-18,20-22,31,35,37-38H,1,19,23-27H2,2-6H3/t31-,35?,37-,38?,42-/m0/s1. The molecule has 9 nitrogen and oxygen atoms in total. The Hall–Kier alpha value is -4.51. The van der Waals surface area contributed by atoms with E-state index >= 15 is 0 Å². The lowest BCUT2D eigenvalue weighted by atomic mass is 9.66. The Bertz CT molecular complexity index is 1760. The van der Waals surface area contributed by atoms with Gasteiger partial charge in [-0.05, 0) is 58.3 Å². The number of ether oxygens (including phenoxy) is 5. The van der Waals surface area contributed by atoms with Gasteiger partial charge in [0.15, 0.2) is 0 Å².